The Balaban J connectivity index is 1.05. The van der Waals surface area contributed by atoms with E-state index < -0.39 is 71.7 Å². The Morgan fingerprint density at radius 3 is 2.04 bits per heavy atom. The Bertz CT molecular complexity index is 3040. The van der Waals surface area contributed by atoms with Crippen molar-refractivity contribution >= 4 is 46.3 Å². The van der Waals surface area contributed by atoms with Gasteiger partial charge >= 0.3 is 0 Å². The fraction of sp³-hybridized carbons (Fsp3) is 0.377. The zero-order chi connectivity index (χ0) is 53.3. The van der Waals surface area contributed by atoms with Crippen molar-refractivity contribution in [3.05, 3.63) is 173 Å². The van der Waals surface area contributed by atoms with Gasteiger partial charge in [-0.1, -0.05) is 115 Å². The first-order valence-electron chi connectivity index (χ1n) is 27.0. The smallest absolute Gasteiger partial charge is 0.246 e. The fourth-order valence-electron chi connectivity index (χ4n) is 11.4. The van der Waals surface area contributed by atoms with E-state index in [4.69, 9.17) is 9.47 Å². The molecule has 0 bridgehead atoms. The molecule has 6 aromatic rings. The molecule has 3 saturated heterocycles. The molecular formula is C61H68N8O8. The number of carbonyl (C=O) groups is 6. The number of likely N-dealkylation sites (N-methyl/N-ethyl adjacent to an activating group) is 1. The van der Waals surface area contributed by atoms with Gasteiger partial charge in [0.25, 0.3) is 0 Å². The number of ether oxygens (including phenoxy) is 2. The zero-order valence-electron chi connectivity index (χ0n) is 43.5. The van der Waals surface area contributed by atoms with E-state index in [2.05, 4.69) is 26.3 Å². The monoisotopic (exact) mass is 1040 g/mol. The highest BCUT2D eigenvalue weighted by Crippen LogP contribution is 2.29. The molecule has 10 rings (SSSR count). The summed E-state index contributed by atoms with van der Waals surface area (Å²) in [5.41, 5.74) is 6.05. The van der Waals surface area contributed by atoms with E-state index in [0.717, 1.165) is 70.2 Å². The van der Waals surface area contributed by atoms with Crippen molar-refractivity contribution in [1.82, 2.24) is 41.0 Å². The van der Waals surface area contributed by atoms with Crippen LogP contribution in [-0.2, 0) is 72.3 Å². The molecule has 6 amide bonds. The normalized spacial score (nSPS) is 23.2. The second kappa shape index (κ2) is 24.5. The van der Waals surface area contributed by atoms with Gasteiger partial charge in [0, 0.05) is 56.5 Å². The molecule has 3 fully saturated rings. The quantitative estimate of drug-likeness (QED) is 0.112. The van der Waals surface area contributed by atoms with Crippen LogP contribution in [0.5, 0.6) is 5.75 Å². The number of aromatic amines is 1. The molecule has 5 N–H and O–H groups in total. The molecule has 0 saturated carbocycles. The number of morpholine rings is 1. The van der Waals surface area contributed by atoms with Crippen molar-refractivity contribution in [2.75, 3.05) is 39.9 Å². The Labute approximate surface area is 449 Å². The highest BCUT2D eigenvalue weighted by atomic mass is 16.5. The van der Waals surface area contributed by atoms with Gasteiger partial charge in [-0.2, -0.15) is 0 Å². The van der Waals surface area contributed by atoms with Crippen molar-refractivity contribution in [1.29, 1.82) is 0 Å². The molecule has 77 heavy (non-hydrogen) atoms. The largest absolute Gasteiger partial charge is 0.489 e. The van der Waals surface area contributed by atoms with E-state index in [-0.39, 0.29) is 57.9 Å². The number of piperidine rings is 1. The average molecular weight is 1040 g/mol. The van der Waals surface area contributed by atoms with Crippen LogP contribution in [0.3, 0.4) is 0 Å². The lowest BCUT2D eigenvalue weighted by Gasteiger charge is -2.43. The second-order valence-electron chi connectivity index (χ2n) is 20.9. The van der Waals surface area contributed by atoms with Gasteiger partial charge in [-0.3, -0.25) is 28.8 Å². The minimum atomic E-state index is -1.20. The van der Waals surface area contributed by atoms with Crippen LogP contribution in [0.2, 0.25) is 0 Å². The number of hydrogen-bond donors (Lipinski definition) is 5. The number of aromatic nitrogens is 1. The van der Waals surface area contributed by atoms with Gasteiger partial charge in [0.1, 0.15) is 48.6 Å². The number of carbonyl (C=O) groups excluding carboxylic acids is 6. The number of rotatable bonds is 12. The van der Waals surface area contributed by atoms with Gasteiger partial charge in [0.15, 0.2) is 0 Å². The molecular weight excluding hydrogens is 973 g/mol. The predicted molar refractivity (Wildman–Crippen MR) is 291 cm³/mol. The fourth-order valence-corrected chi connectivity index (χ4v) is 11.4. The number of benzene rings is 5. The van der Waals surface area contributed by atoms with Crippen molar-refractivity contribution in [3.8, 4) is 5.75 Å². The number of nitrogens with one attached hydrogen (secondary N) is 5. The SMILES string of the molecule is CN1C(=O)[C@@H](Cc2c[nH]c3ccccc23)NC(=O)[C@@H](CCc2ccccc2)NC(=O)[C@@H]2COCCN2C(=O)[C@@H]2Cc3ccccc3CN2C(=O)[C@H](Cc2ccc(OCc3ccccc3)cc2)NC(=O)[C@@H]1CC1CCNCC1. The number of aryl methyl sites for hydroxylation is 1. The molecule has 5 heterocycles. The summed E-state index contributed by atoms with van der Waals surface area (Å²) in [5, 5.41) is 13.5. The van der Waals surface area contributed by atoms with E-state index in [9.17, 15) is 4.79 Å². The van der Waals surface area contributed by atoms with Crippen LogP contribution in [-0.4, -0.2) is 131 Å². The van der Waals surface area contributed by atoms with Crippen LogP contribution in [0, 0.1) is 5.92 Å². The lowest BCUT2D eigenvalue weighted by Crippen LogP contribution is -2.65. The molecule has 4 aliphatic rings. The number of nitrogens with zero attached hydrogens (tertiary/aromatic N) is 3. The van der Waals surface area contributed by atoms with Crippen LogP contribution in [0.15, 0.2) is 140 Å². The Morgan fingerprint density at radius 1 is 0.610 bits per heavy atom. The summed E-state index contributed by atoms with van der Waals surface area (Å²) < 4.78 is 12.0. The molecule has 16 nitrogen and oxygen atoms in total. The summed E-state index contributed by atoms with van der Waals surface area (Å²) in [6.07, 6.45) is 4.50. The predicted octanol–water partition coefficient (Wildman–Crippen LogP) is 5.03. The minimum Gasteiger partial charge on any atom is -0.489 e. The van der Waals surface area contributed by atoms with Gasteiger partial charge in [0.2, 0.25) is 35.4 Å². The highest BCUT2D eigenvalue weighted by Gasteiger charge is 2.45. The van der Waals surface area contributed by atoms with Gasteiger partial charge in [0.05, 0.1) is 13.2 Å². The Morgan fingerprint density at radius 2 is 1.27 bits per heavy atom. The molecule has 5 aromatic carbocycles. The van der Waals surface area contributed by atoms with Crippen molar-refractivity contribution in [3.63, 3.8) is 0 Å². The van der Waals surface area contributed by atoms with Crippen LogP contribution >= 0.6 is 0 Å². The van der Waals surface area contributed by atoms with Crippen LogP contribution in [0.1, 0.15) is 59.1 Å². The third-order valence-corrected chi connectivity index (χ3v) is 15.8. The molecule has 16 heteroatoms. The highest BCUT2D eigenvalue weighted by molar-refractivity contribution is 5.99. The average Bonchev–Trinajstić information content (AvgIpc) is 3.89. The Kier molecular flexibility index (Phi) is 16.7. The Hall–Kier alpha value is -7.82. The molecule has 6 atom stereocenters. The summed E-state index contributed by atoms with van der Waals surface area (Å²) in [6, 6.07) is 35.4. The first kappa shape index (κ1) is 52.6. The summed E-state index contributed by atoms with van der Waals surface area (Å²) in [6.45, 7) is 1.99. The lowest BCUT2D eigenvalue weighted by molar-refractivity contribution is -0.158. The van der Waals surface area contributed by atoms with Gasteiger partial charge < -0.3 is 50.4 Å². The number of hydrogen-bond acceptors (Lipinski definition) is 9. The standard InChI is InChI=1S/C61H68N8O8/c1-67-53(33-42-26-28-62-29-27-42)57(71)66-51(32-41-20-23-47(24-21-41)77-38-43-14-6-3-7-15-43)60(74)69-37-45-17-9-8-16-44(45)35-54(69)61(75)68-30-31-76-39-55(68)58(72)64-50(25-22-40-12-4-2-5-13-40)56(70)65-52(59(67)73)34-46-36-63-49-19-11-10-18-48(46)49/h2-21,23-24,36,42,50-55,62-63H,22,25-35,37-39H2,1H3,(H,64,72)(H,65,70)(H,66,71)/t50-,51+,52-,53+,54+,55+/m1/s1. The van der Waals surface area contributed by atoms with Gasteiger partial charge in [-0.05, 0) is 103 Å². The number of para-hydroxylation sites is 1. The van der Waals surface area contributed by atoms with E-state index in [0.29, 0.717) is 25.2 Å². The van der Waals surface area contributed by atoms with Crippen molar-refractivity contribution in [2.45, 2.75) is 101 Å². The maximum absolute atomic E-state index is 15.7. The van der Waals surface area contributed by atoms with E-state index in [1.165, 1.54) is 9.80 Å². The summed E-state index contributed by atoms with van der Waals surface area (Å²) in [7, 11) is 1.59. The van der Waals surface area contributed by atoms with E-state index >= 15 is 24.0 Å². The van der Waals surface area contributed by atoms with E-state index in [1.54, 1.807) is 11.9 Å². The molecule has 400 valence electrons. The summed E-state index contributed by atoms with van der Waals surface area (Å²) >= 11 is 0. The van der Waals surface area contributed by atoms with Gasteiger partial charge in [-0.25, -0.2) is 0 Å². The minimum absolute atomic E-state index is 0.0481. The van der Waals surface area contributed by atoms with Gasteiger partial charge in [-0.15, -0.1) is 0 Å². The number of fused-ring (bicyclic) bond motifs is 4. The van der Waals surface area contributed by atoms with Crippen LogP contribution in [0.25, 0.3) is 10.9 Å². The molecule has 1 aromatic heterocycles. The van der Waals surface area contributed by atoms with Crippen LogP contribution in [0.4, 0.5) is 0 Å². The summed E-state index contributed by atoms with van der Waals surface area (Å²) in [4.78, 5) is 99.8. The molecule has 0 aliphatic carbocycles. The first-order chi connectivity index (χ1) is 37.6. The van der Waals surface area contributed by atoms with Crippen molar-refractivity contribution in [2.24, 2.45) is 5.92 Å². The number of H-pyrrole nitrogens is 1. The topological polar surface area (TPSA) is 195 Å². The third kappa shape index (κ3) is 12.6. The molecule has 4 aliphatic heterocycles. The lowest BCUT2D eigenvalue weighted by atomic mass is 9.89. The van der Waals surface area contributed by atoms with Crippen LogP contribution < -0.4 is 26.0 Å². The van der Waals surface area contributed by atoms with Crippen molar-refractivity contribution < 1.29 is 38.2 Å². The number of amides is 6. The van der Waals surface area contributed by atoms with E-state index in [1.807, 2.05) is 140 Å². The third-order valence-electron chi connectivity index (χ3n) is 15.8. The zero-order valence-corrected chi connectivity index (χ0v) is 43.5. The maximum Gasteiger partial charge on any atom is 0.246 e. The second-order valence-corrected chi connectivity index (χ2v) is 20.9. The molecule has 0 spiro atoms. The maximum atomic E-state index is 15.7. The first-order valence-corrected chi connectivity index (χ1v) is 27.0. The summed E-state index contributed by atoms with van der Waals surface area (Å²) in [5.74, 6) is -2.47. The molecule has 0 unspecified atom stereocenters. The molecule has 0 radical (unpaired) electrons.